The molecule has 0 spiro atoms. The molecule has 6 heteroatoms. The second-order valence-electron chi connectivity index (χ2n) is 6.01. The molecule has 1 aliphatic carbocycles. The number of amides is 1. The van der Waals surface area contributed by atoms with Crippen LogP contribution in [0.3, 0.4) is 0 Å². The second kappa shape index (κ2) is 6.37. The van der Waals surface area contributed by atoms with Crippen LogP contribution in [0.5, 0.6) is 0 Å². The van der Waals surface area contributed by atoms with E-state index in [0.29, 0.717) is 10.8 Å². The first-order chi connectivity index (χ1) is 12.1. The van der Waals surface area contributed by atoms with Crippen LogP contribution in [0.2, 0.25) is 0 Å². The number of nitrogens with zero attached hydrogens (tertiary/aromatic N) is 1. The molecule has 1 N–H and O–H groups in total. The molecule has 1 saturated carbocycles. The smallest absolute Gasteiger partial charge is 0.229 e. The molecule has 126 valence electrons. The van der Waals surface area contributed by atoms with Crippen molar-refractivity contribution in [2.24, 2.45) is 5.92 Å². The molecule has 0 saturated heterocycles. The fourth-order valence-electron chi connectivity index (χ4n) is 2.90. The van der Waals surface area contributed by atoms with Gasteiger partial charge >= 0.3 is 0 Å². The highest BCUT2D eigenvalue weighted by molar-refractivity contribution is 7.14. The summed E-state index contributed by atoms with van der Waals surface area (Å²) in [5.74, 6) is -1.19. The molecule has 0 aliphatic heterocycles. The maximum Gasteiger partial charge on any atom is 0.229 e. The van der Waals surface area contributed by atoms with Crippen molar-refractivity contribution in [3.8, 4) is 11.3 Å². The predicted molar refractivity (Wildman–Crippen MR) is 93.4 cm³/mol. The molecule has 1 aromatic heterocycles. The Morgan fingerprint density at radius 3 is 2.72 bits per heavy atom. The number of rotatable bonds is 4. The lowest BCUT2D eigenvalue weighted by Crippen LogP contribution is -2.14. The molecule has 1 fully saturated rings. The van der Waals surface area contributed by atoms with Gasteiger partial charge in [0.05, 0.1) is 5.69 Å². The zero-order chi connectivity index (χ0) is 17.4. The molecule has 0 radical (unpaired) electrons. The van der Waals surface area contributed by atoms with Crippen LogP contribution in [-0.2, 0) is 4.79 Å². The molecule has 25 heavy (non-hydrogen) atoms. The van der Waals surface area contributed by atoms with E-state index in [9.17, 15) is 13.6 Å². The third-order valence-corrected chi connectivity index (χ3v) is 5.05. The largest absolute Gasteiger partial charge is 0.302 e. The molecule has 1 heterocycles. The number of benzene rings is 2. The number of halogens is 2. The molecule has 1 aliphatic rings. The highest BCUT2D eigenvalue weighted by Gasteiger charge is 2.44. The summed E-state index contributed by atoms with van der Waals surface area (Å²) in [7, 11) is 0. The quantitative estimate of drug-likeness (QED) is 0.727. The van der Waals surface area contributed by atoms with E-state index < -0.39 is 11.6 Å². The number of hydrogen-bond donors (Lipinski definition) is 1. The van der Waals surface area contributed by atoms with E-state index in [1.165, 1.54) is 23.5 Å². The van der Waals surface area contributed by atoms with E-state index in [2.05, 4.69) is 10.3 Å². The van der Waals surface area contributed by atoms with Gasteiger partial charge in [0, 0.05) is 22.9 Å². The van der Waals surface area contributed by atoms with Crippen molar-refractivity contribution in [2.75, 3.05) is 5.32 Å². The first-order valence-electron chi connectivity index (χ1n) is 7.88. The number of nitrogens with one attached hydrogen (secondary N) is 1. The Balaban J connectivity index is 1.44. The Labute approximate surface area is 147 Å². The van der Waals surface area contributed by atoms with Crippen molar-refractivity contribution in [1.29, 1.82) is 0 Å². The van der Waals surface area contributed by atoms with Gasteiger partial charge in [0.2, 0.25) is 5.91 Å². The molecule has 3 nitrogen and oxygen atoms in total. The molecule has 1 amide bonds. The average Bonchev–Trinajstić information content (AvgIpc) is 3.29. The van der Waals surface area contributed by atoms with Gasteiger partial charge in [-0.25, -0.2) is 13.8 Å². The number of hydrogen-bond acceptors (Lipinski definition) is 3. The Kier molecular flexibility index (Phi) is 4.05. The van der Waals surface area contributed by atoms with Crippen LogP contribution >= 0.6 is 11.3 Å². The van der Waals surface area contributed by atoms with Gasteiger partial charge < -0.3 is 5.32 Å². The van der Waals surface area contributed by atoms with E-state index in [-0.39, 0.29) is 23.3 Å². The van der Waals surface area contributed by atoms with Crippen LogP contribution in [0.4, 0.5) is 13.9 Å². The minimum Gasteiger partial charge on any atom is -0.302 e. The zero-order valence-electron chi connectivity index (χ0n) is 13.1. The number of carbonyl (C=O) groups excluding carboxylic acids is 1. The topological polar surface area (TPSA) is 42.0 Å². The van der Waals surface area contributed by atoms with Crippen molar-refractivity contribution in [3.63, 3.8) is 0 Å². The van der Waals surface area contributed by atoms with Crippen molar-refractivity contribution >= 4 is 22.4 Å². The van der Waals surface area contributed by atoms with Gasteiger partial charge in [-0.15, -0.1) is 11.3 Å². The van der Waals surface area contributed by atoms with E-state index >= 15 is 0 Å². The van der Waals surface area contributed by atoms with Gasteiger partial charge in [0.1, 0.15) is 11.6 Å². The molecular formula is C19H14F2N2OS. The fourth-order valence-corrected chi connectivity index (χ4v) is 3.62. The lowest BCUT2D eigenvalue weighted by atomic mass is 10.1. The maximum absolute atomic E-state index is 13.8. The van der Waals surface area contributed by atoms with Crippen molar-refractivity contribution in [3.05, 3.63) is 71.1 Å². The van der Waals surface area contributed by atoms with Crippen LogP contribution in [0.25, 0.3) is 11.3 Å². The first-order valence-corrected chi connectivity index (χ1v) is 8.76. The van der Waals surface area contributed by atoms with E-state index in [1.54, 1.807) is 5.38 Å². The second-order valence-corrected chi connectivity index (χ2v) is 6.87. The van der Waals surface area contributed by atoms with E-state index in [1.807, 2.05) is 30.3 Å². The maximum atomic E-state index is 13.8. The van der Waals surface area contributed by atoms with Gasteiger partial charge in [-0.2, -0.15) is 0 Å². The van der Waals surface area contributed by atoms with E-state index in [0.717, 1.165) is 18.1 Å². The van der Waals surface area contributed by atoms with Crippen LogP contribution in [0.15, 0.2) is 53.9 Å². The molecule has 2 atom stereocenters. The Hall–Kier alpha value is -2.60. The Morgan fingerprint density at radius 2 is 1.96 bits per heavy atom. The van der Waals surface area contributed by atoms with Crippen LogP contribution in [-0.4, -0.2) is 10.9 Å². The predicted octanol–water partition coefficient (Wildman–Crippen LogP) is 4.83. The number of aromatic nitrogens is 1. The molecule has 4 rings (SSSR count). The highest BCUT2D eigenvalue weighted by Crippen LogP contribution is 2.48. The number of anilines is 1. The third-order valence-electron chi connectivity index (χ3n) is 4.30. The molecule has 2 aromatic carbocycles. The lowest BCUT2D eigenvalue weighted by Gasteiger charge is -2.02. The third kappa shape index (κ3) is 3.30. The van der Waals surface area contributed by atoms with Crippen LogP contribution < -0.4 is 5.32 Å². The summed E-state index contributed by atoms with van der Waals surface area (Å²) in [5, 5.41) is 4.86. The van der Waals surface area contributed by atoms with Gasteiger partial charge in [-0.1, -0.05) is 30.3 Å². The zero-order valence-corrected chi connectivity index (χ0v) is 13.9. The molecule has 3 aromatic rings. The minimum absolute atomic E-state index is 0.0580. The summed E-state index contributed by atoms with van der Waals surface area (Å²) in [4.78, 5) is 16.6. The fraction of sp³-hybridized carbons (Fsp3) is 0.158. The first kappa shape index (κ1) is 15.9. The molecular weight excluding hydrogens is 342 g/mol. The van der Waals surface area contributed by atoms with Crippen molar-refractivity contribution in [2.45, 2.75) is 12.3 Å². The van der Waals surface area contributed by atoms with Crippen molar-refractivity contribution in [1.82, 2.24) is 4.98 Å². The highest BCUT2D eigenvalue weighted by atomic mass is 32.1. The summed E-state index contributed by atoms with van der Waals surface area (Å²) < 4.78 is 26.8. The monoisotopic (exact) mass is 356 g/mol. The standard InChI is InChI=1S/C19H14F2N2OS/c20-12-6-7-13(16(21)8-12)17-10-25-19(22-17)23-18(24)15-9-14(15)11-4-2-1-3-5-11/h1-8,10,14-15H,9H2,(H,22,23,24). The molecule has 2 unspecified atom stereocenters. The van der Waals surface area contributed by atoms with E-state index in [4.69, 9.17) is 0 Å². The summed E-state index contributed by atoms with van der Waals surface area (Å²) in [6.07, 6.45) is 0.820. The van der Waals surface area contributed by atoms with Crippen molar-refractivity contribution < 1.29 is 13.6 Å². The van der Waals surface area contributed by atoms with Crippen LogP contribution in [0, 0.1) is 17.6 Å². The summed E-state index contributed by atoms with van der Waals surface area (Å²) in [6.45, 7) is 0. The minimum atomic E-state index is -0.672. The normalized spacial score (nSPS) is 18.8. The van der Waals surface area contributed by atoms with Gasteiger partial charge in [0.25, 0.3) is 0 Å². The molecule has 0 bridgehead atoms. The number of carbonyl (C=O) groups is 1. The van der Waals surface area contributed by atoms with Gasteiger partial charge in [-0.3, -0.25) is 4.79 Å². The summed E-state index contributed by atoms with van der Waals surface area (Å²) >= 11 is 1.22. The van der Waals surface area contributed by atoms with Gasteiger partial charge in [-0.05, 0) is 30.0 Å². The average molecular weight is 356 g/mol. The number of thiazole rings is 1. The summed E-state index contributed by atoms with van der Waals surface area (Å²) in [5.41, 5.74) is 1.76. The lowest BCUT2D eigenvalue weighted by molar-refractivity contribution is -0.117. The Morgan fingerprint density at radius 1 is 1.16 bits per heavy atom. The summed E-state index contributed by atoms with van der Waals surface area (Å²) in [6, 6.07) is 13.3. The van der Waals surface area contributed by atoms with Crippen LogP contribution in [0.1, 0.15) is 17.9 Å². The Bertz CT molecular complexity index is 926. The SMILES string of the molecule is O=C(Nc1nc(-c2ccc(F)cc2F)cs1)C1CC1c1ccccc1. The van der Waals surface area contributed by atoms with Gasteiger partial charge in [0.15, 0.2) is 5.13 Å².